The van der Waals surface area contributed by atoms with Crippen LogP contribution in [0, 0.1) is 17.6 Å². The maximum absolute atomic E-state index is 14.8. The molecular formula is C32H30F5N5O2. The molecule has 1 aromatic heterocycles. The number of carbonyl (C=O) groups excluding carboxylic acids is 1. The molecule has 1 N–H and O–H groups in total. The van der Waals surface area contributed by atoms with E-state index in [1.54, 1.807) is 28.9 Å². The van der Waals surface area contributed by atoms with Crippen LogP contribution in [0.4, 0.5) is 32.4 Å². The minimum absolute atomic E-state index is 0.0395. The van der Waals surface area contributed by atoms with E-state index in [0.717, 1.165) is 29.8 Å². The zero-order valence-corrected chi connectivity index (χ0v) is 23.8. The average molecular weight is 612 g/mol. The second-order valence-corrected chi connectivity index (χ2v) is 10.8. The number of carbonyl (C=O) groups is 1. The van der Waals surface area contributed by atoms with Crippen LogP contribution in [0.1, 0.15) is 35.6 Å². The maximum atomic E-state index is 14.8. The number of urea groups is 1. The first-order chi connectivity index (χ1) is 20.9. The highest BCUT2D eigenvalue weighted by molar-refractivity contribution is 5.94. The summed E-state index contributed by atoms with van der Waals surface area (Å²) >= 11 is 0. The number of rotatable bonds is 10. The van der Waals surface area contributed by atoms with Crippen molar-refractivity contribution >= 4 is 17.8 Å². The standard InChI is InChI=1S/C32H30F5N5O2/c1-22(31(44,19-41-21-38-20-39-41)28-14-11-26(33)17-29(28)34)3-2-4-23-7-12-27(13-8-23)42-16-15-40(30(42)43)18-24-5-9-25(10-6-24)32(35,36)37/h2,4-14,17,20-22,44H,3,15-16,18-19H2,1H3/b4-2+/t22-,31+/m0/s1. The maximum Gasteiger partial charge on any atom is 0.416 e. The van der Waals surface area contributed by atoms with Gasteiger partial charge in [-0.2, -0.15) is 18.3 Å². The lowest BCUT2D eigenvalue weighted by molar-refractivity contribution is -0.137. The number of amides is 2. The van der Waals surface area contributed by atoms with Crippen LogP contribution in [0.25, 0.3) is 6.08 Å². The highest BCUT2D eigenvalue weighted by atomic mass is 19.4. The molecule has 2 heterocycles. The van der Waals surface area contributed by atoms with Crippen LogP contribution < -0.4 is 4.90 Å². The van der Waals surface area contributed by atoms with Gasteiger partial charge >= 0.3 is 12.2 Å². The minimum Gasteiger partial charge on any atom is -0.383 e. The molecule has 0 bridgehead atoms. The minimum atomic E-state index is -4.41. The lowest BCUT2D eigenvalue weighted by atomic mass is 9.80. The van der Waals surface area contributed by atoms with E-state index in [1.165, 1.54) is 35.5 Å². The summed E-state index contributed by atoms with van der Waals surface area (Å²) < 4.78 is 68.3. The van der Waals surface area contributed by atoms with Crippen molar-refractivity contribution in [1.82, 2.24) is 19.7 Å². The van der Waals surface area contributed by atoms with Gasteiger partial charge in [0, 0.05) is 37.0 Å². The molecule has 3 aromatic carbocycles. The second-order valence-electron chi connectivity index (χ2n) is 10.8. The molecule has 7 nitrogen and oxygen atoms in total. The Morgan fingerprint density at radius 1 is 1.00 bits per heavy atom. The van der Waals surface area contributed by atoms with Crippen molar-refractivity contribution in [3.8, 4) is 0 Å². The molecule has 0 unspecified atom stereocenters. The fourth-order valence-corrected chi connectivity index (χ4v) is 5.27. The lowest BCUT2D eigenvalue weighted by Gasteiger charge is -2.34. The number of hydrogen-bond acceptors (Lipinski definition) is 4. The summed E-state index contributed by atoms with van der Waals surface area (Å²) in [5, 5.41) is 15.7. The molecular weight excluding hydrogens is 581 g/mol. The van der Waals surface area contributed by atoms with Crippen LogP contribution in [-0.2, 0) is 24.9 Å². The Balaban J connectivity index is 1.22. The van der Waals surface area contributed by atoms with E-state index in [9.17, 15) is 31.9 Å². The molecule has 0 radical (unpaired) electrons. The van der Waals surface area contributed by atoms with Gasteiger partial charge in [-0.15, -0.1) is 0 Å². The number of halogens is 5. The Labute approximate surface area is 250 Å². The fraction of sp³-hybridized carbons (Fsp3) is 0.281. The van der Waals surface area contributed by atoms with E-state index >= 15 is 0 Å². The van der Waals surface area contributed by atoms with E-state index in [4.69, 9.17) is 0 Å². The molecule has 1 fully saturated rings. The molecule has 44 heavy (non-hydrogen) atoms. The lowest BCUT2D eigenvalue weighted by Crippen LogP contribution is -2.39. The number of aromatic nitrogens is 3. The second kappa shape index (κ2) is 12.6. The zero-order valence-electron chi connectivity index (χ0n) is 23.8. The van der Waals surface area contributed by atoms with Crippen molar-refractivity contribution < 1.29 is 31.9 Å². The predicted octanol–water partition coefficient (Wildman–Crippen LogP) is 6.64. The van der Waals surface area contributed by atoms with Gasteiger partial charge in [0.25, 0.3) is 0 Å². The molecule has 0 spiro atoms. The molecule has 1 aliphatic rings. The molecule has 230 valence electrons. The average Bonchev–Trinajstić information content (AvgIpc) is 3.62. The number of alkyl halides is 3. The third-order valence-electron chi connectivity index (χ3n) is 7.84. The number of anilines is 1. The fourth-order valence-electron chi connectivity index (χ4n) is 5.27. The Kier molecular flexibility index (Phi) is 8.82. The van der Waals surface area contributed by atoms with Crippen molar-refractivity contribution in [3.63, 3.8) is 0 Å². The molecule has 2 amide bonds. The summed E-state index contributed by atoms with van der Waals surface area (Å²) in [5.74, 6) is -2.10. The van der Waals surface area contributed by atoms with Gasteiger partial charge in [0.2, 0.25) is 0 Å². The molecule has 0 saturated carbocycles. The molecule has 1 saturated heterocycles. The smallest absolute Gasteiger partial charge is 0.383 e. The molecule has 5 rings (SSSR count). The van der Waals surface area contributed by atoms with Crippen molar-refractivity contribution in [1.29, 1.82) is 0 Å². The molecule has 2 atom stereocenters. The number of aliphatic hydroxyl groups is 1. The van der Waals surface area contributed by atoms with Gasteiger partial charge in [-0.3, -0.25) is 4.90 Å². The van der Waals surface area contributed by atoms with Gasteiger partial charge in [0.1, 0.15) is 29.9 Å². The SMILES string of the molecule is C[C@@H](C/C=C/c1ccc(N2CCN(Cc3ccc(C(F)(F)F)cc3)C2=O)cc1)[C@](O)(Cn1cncn1)c1ccc(F)cc1F. The first-order valence-corrected chi connectivity index (χ1v) is 13.9. The predicted molar refractivity (Wildman–Crippen MR) is 154 cm³/mol. The van der Waals surface area contributed by atoms with Crippen molar-refractivity contribution in [2.45, 2.75) is 38.2 Å². The summed E-state index contributed by atoms with van der Waals surface area (Å²) in [7, 11) is 0. The quantitative estimate of drug-likeness (QED) is 0.204. The van der Waals surface area contributed by atoms with Crippen LogP contribution in [0.3, 0.4) is 0 Å². The largest absolute Gasteiger partial charge is 0.416 e. The highest BCUT2D eigenvalue weighted by Crippen LogP contribution is 2.36. The van der Waals surface area contributed by atoms with Crippen molar-refractivity contribution in [2.75, 3.05) is 18.0 Å². The molecule has 1 aliphatic heterocycles. The van der Waals surface area contributed by atoms with Crippen LogP contribution >= 0.6 is 0 Å². The normalized spacial score (nSPS) is 16.1. The van der Waals surface area contributed by atoms with Gasteiger partial charge in [-0.05, 0) is 53.8 Å². The monoisotopic (exact) mass is 611 g/mol. The Morgan fingerprint density at radius 3 is 2.36 bits per heavy atom. The van der Waals surface area contributed by atoms with E-state index in [1.807, 2.05) is 24.3 Å². The van der Waals surface area contributed by atoms with Crippen molar-refractivity contribution in [3.05, 3.63) is 119 Å². The van der Waals surface area contributed by atoms with Crippen LogP contribution in [0.5, 0.6) is 0 Å². The highest BCUT2D eigenvalue weighted by Gasteiger charge is 2.38. The topological polar surface area (TPSA) is 74.5 Å². The van der Waals surface area contributed by atoms with E-state index in [-0.39, 0.29) is 24.7 Å². The van der Waals surface area contributed by atoms with Gasteiger partial charge in [0.15, 0.2) is 0 Å². The third-order valence-corrected chi connectivity index (χ3v) is 7.84. The van der Waals surface area contributed by atoms with Gasteiger partial charge < -0.3 is 10.0 Å². The van der Waals surface area contributed by atoms with E-state index in [0.29, 0.717) is 30.8 Å². The number of nitrogens with zero attached hydrogens (tertiary/aromatic N) is 5. The molecule has 12 heteroatoms. The Hall–Kier alpha value is -4.58. The summed E-state index contributed by atoms with van der Waals surface area (Å²) in [6, 6.07) is 14.9. The van der Waals surface area contributed by atoms with Crippen LogP contribution in [0.2, 0.25) is 0 Å². The van der Waals surface area contributed by atoms with Gasteiger partial charge in [0.05, 0.1) is 12.1 Å². The number of benzene rings is 3. The summed E-state index contributed by atoms with van der Waals surface area (Å²) in [4.78, 5) is 20.1. The Morgan fingerprint density at radius 2 is 1.73 bits per heavy atom. The zero-order chi connectivity index (χ0) is 31.5. The van der Waals surface area contributed by atoms with Gasteiger partial charge in [-0.1, -0.05) is 49.4 Å². The molecule has 0 aliphatic carbocycles. The summed E-state index contributed by atoms with van der Waals surface area (Å²) in [5.41, 5.74) is -0.349. The number of allylic oxidation sites excluding steroid dienone is 1. The van der Waals surface area contributed by atoms with E-state index < -0.39 is 34.9 Å². The van der Waals surface area contributed by atoms with Crippen LogP contribution in [0.15, 0.2) is 85.5 Å². The summed E-state index contributed by atoms with van der Waals surface area (Å²) in [6.45, 7) is 2.77. The first-order valence-electron chi connectivity index (χ1n) is 13.9. The summed E-state index contributed by atoms with van der Waals surface area (Å²) in [6.07, 6.45) is 2.36. The van der Waals surface area contributed by atoms with Crippen molar-refractivity contribution in [2.24, 2.45) is 5.92 Å². The molecule has 4 aromatic rings. The first kappa shape index (κ1) is 30.9. The van der Waals surface area contributed by atoms with Gasteiger partial charge in [-0.25, -0.2) is 23.2 Å². The van der Waals surface area contributed by atoms with Crippen LogP contribution in [-0.4, -0.2) is 43.9 Å². The van der Waals surface area contributed by atoms with E-state index in [2.05, 4.69) is 10.1 Å². The Bertz CT molecular complexity index is 1610. The number of hydrogen-bond donors (Lipinski definition) is 1. The third kappa shape index (κ3) is 6.80.